The van der Waals surface area contributed by atoms with Crippen LogP contribution in [0.5, 0.6) is 0 Å². The molecule has 180 valence electrons. The predicted molar refractivity (Wildman–Crippen MR) is 134 cm³/mol. The van der Waals surface area contributed by atoms with Crippen LogP contribution in [0.25, 0.3) is 10.9 Å². The molecule has 9 nitrogen and oxygen atoms in total. The van der Waals surface area contributed by atoms with Gasteiger partial charge in [0, 0.05) is 38.1 Å². The highest BCUT2D eigenvalue weighted by molar-refractivity contribution is 7.71. The third-order valence-corrected chi connectivity index (χ3v) is 5.71. The molecule has 2 heterocycles. The van der Waals surface area contributed by atoms with Crippen molar-refractivity contribution in [2.24, 2.45) is 0 Å². The van der Waals surface area contributed by atoms with Crippen molar-refractivity contribution in [3.05, 3.63) is 92.9 Å². The Morgan fingerprint density at radius 3 is 2.63 bits per heavy atom. The molecule has 0 atom stereocenters. The molecule has 0 aliphatic carbocycles. The van der Waals surface area contributed by atoms with Gasteiger partial charge in [-0.05, 0) is 66.7 Å². The van der Waals surface area contributed by atoms with Crippen molar-refractivity contribution >= 4 is 40.6 Å². The summed E-state index contributed by atoms with van der Waals surface area (Å²) in [6.07, 6.45) is 2.10. The molecule has 2 aromatic carbocycles. The van der Waals surface area contributed by atoms with Crippen LogP contribution >= 0.6 is 12.2 Å². The van der Waals surface area contributed by atoms with Crippen molar-refractivity contribution in [3.63, 3.8) is 0 Å². The van der Waals surface area contributed by atoms with E-state index in [1.807, 2.05) is 12.1 Å². The molecular formula is C25H24N4O5S. The molecular weight excluding hydrogens is 468 g/mol. The fraction of sp³-hybridized carbons (Fsp3) is 0.200. The van der Waals surface area contributed by atoms with Gasteiger partial charge >= 0.3 is 0 Å². The average Bonchev–Trinajstić information content (AvgIpc) is 3.40. The fourth-order valence-electron chi connectivity index (χ4n) is 3.56. The third-order valence-electron chi connectivity index (χ3n) is 5.38. The van der Waals surface area contributed by atoms with Gasteiger partial charge in [0.25, 0.3) is 17.4 Å². The zero-order chi connectivity index (χ0) is 24.8. The standard InChI is InChI=1S/C25H24N4O5S/c1-33-12-3-11-29-24(32)19-10-7-17(14-20(19)28-25(29)35)22(30)26-15-16-5-8-18(9-6-16)27-23(31)21-4-2-13-34-21/h2,4-10,13-14H,3,11-12,15H2,1H3,(H,26,30)(H,27,31)(H,28,35). The Bertz CT molecular complexity index is 1460. The molecule has 4 rings (SSSR count). The Kier molecular flexibility index (Phi) is 7.54. The van der Waals surface area contributed by atoms with E-state index in [9.17, 15) is 14.4 Å². The van der Waals surface area contributed by atoms with E-state index >= 15 is 0 Å². The van der Waals surface area contributed by atoms with Gasteiger partial charge in [-0.1, -0.05) is 12.1 Å². The van der Waals surface area contributed by atoms with Gasteiger partial charge in [-0.3, -0.25) is 19.0 Å². The van der Waals surface area contributed by atoms with Gasteiger partial charge in [-0.15, -0.1) is 0 Å². The molecule has 0 aliphatic heterocycles. The Morgan fingerprint density at radius 2 is 1.91 bits per heavy atom. The number of amides is 2. The second-order valence-electron chi connectivity index (χ2n) is 7.80. The van der Waals surface area contributed by atoms with E-state index in [0.717, 1.165) is 5.56 Å². The number of aromatic amines is 1. The average molecular weight is 493 g/mol. The lowest BCUT2D eigenvalue weighted by molar-refractivity contribution is 0.0950. The number of hydrogen-bond donors (Lipinski definition) is 3. The third kappa shape index (κ3) is 5.73. The molecule has 10 heteroatoms. The van der Waals surface area contributed by atoms with Crippen molar-refractivity contribution in [1.82, 2.24) is 14.9 Å². The number of nitrogens with one attached hydrogen (secondary N) is 3. The minimum Gasteiger partial charge on any atom is -0.459 e. The van der Waals surface area contributed by atoms with Crippen LogP contribution in [0.3, 0.4) is 0 Å². The normalized spacial score (nSPS) is 10.9. The topological polar surface area (TPSA) is 118 Å². The number of fused-ring (bicyclic) bond motifs is 1. The number of ether oxygens (including phenoxy) is 1. The summed E-state index contributed by atoms with van der Waals surface area (Å²) in [5.41, 5.74) is 2.17. The van der Waals surface area contributed by atoms with E-state index in [0.29, 0.717) is 53.0 Å². The second-order valence-corrected chi connectivity index (χ2v) is 8.19. The van der Waals surface area contributed by atoms with Gasteiger partial charge in [-0.25, -0.2) is 0 Å². The van der Waals surface area contributed by atoms with Crippen LogP contribution in [0.2, 0.25) is 0 Å². The van der Waals surface area contributed by atoms with Crippen LogP contribution in [-0.2, 0) is 17.8 Å². The number of benzene rings is 2. The summed E-state index contributed by atoms with van der Waals surface area (Å²) in [4.78, 5) is 40.6. The molecule has 2 amide bonds. The molecule has 0 spiro atoms. The first-order valence-electron chi connectivity index (χ1n) is 10.9. The lowest BCUT2D eigenvalue weighted by Crippen LogP contribution is -2.24. The zero-order valence-corrected chi connectivity index (χ0v) is 19.8. The number of hydrogen-bond acceptors (Lipinski definition) is 6. The molecule has 0 saturated carbocycles. The van der Waals surface area contributed by atoms with E-state index in [1.165, 1.54) is 10.8 Å². The molecule has 35 heavy (non-hydrogen) atoms. The Hall–Kier alpha value is -4.02. The molecule has 0 bridgehead atoms. The number of nitrogens with zero attached hydrogens (tertiary/aromatic N) is 1. The summed E-state index contributed by atoms with van der Waals surface area (Å²) >= 11 is 5.33. The van der Waals surface area contributed by atoms with Crippen molar-refractivity contribution in [2.45, 2.75) is 19.5 Å². The molecule has 3 N–H and O–H groups in total. The van der Waals surface area contributed by atoms with Gasteiger partial charge in [0.2, 0.25) is 0 Å². The largest absolute Gasteiger partial charge is 0.459 e. The molecule has 0 fully saturated rings. The van der Waals surface area contributed by atoms with Gasteiger partial charge < -0.3 is 24.8 Å². The van der Waals surface area contributed by atoms with Crippen molar-refractivity contribution in [2.75, 3.05) is 19.0 Å². The maximum absolute atomic E-state index is 12.8. The molecule has 0 aliphatic rings. The quantitative estimate of drug-likeness (QED) is 0.241. The number of rotatable bonds is 9. The van der Waals surface area contributed by atoms with E-state index in [1.54, 1.807) is 49.6 Å². The van der Waals surface area contributed by atoms with Gasteiger partial charge in [-0.2, -0.15) is 0 Å². The first-order valence-corrected chi connectivity index (χ1v) is 11.3. The molecule has 0 unspecified atom stereocenters. The summed E-state index contributed by atoms with van der Waals surface area (Å²) in [5.74, 6) is -0.402. The van der Waals surface area contributed by atoms with Crippen molar-refractivity contribution in [3.8, 4) is 0 Å². The number of methoxy groups -OCH3 is 1. The molecule has 2 aromatic heterocycles. The Balaban J connectivity index is 1.40. The van der Waals surface area contributed by atoms with Crippen LogP contribution < -0.4 is 16.2 Å². The lowest BCUT2D eigenvalue weighted by atomic mass is 10.1. The molecule has 0 radical (unpaired) electrons. The van der Waals surface area contributed by atoms with Crippen molar-refractivity contribution < 1.29 is 18.7 Å². The zero-order valence-electron chi connectivity index (χ0n) is 19.0. The van der Waals surface area contributed by atoms with Crippen LogP contribution in [0.4, 0.5) is 5.69 Å². The molecule has 0 saturated heterocycles. The van der Waals surface area contributed by atoms with E-state index in [2.05, 4.69) is 15.6 Å². The maximum atomic E-state index is 12.8. The smallest absolute Gasteiger partial charge is 0.291 e. The van der Waals surface area contributed by atoms with Gasteiger partial charge in [0.1, 0.15) is 0 Å². The summed E-state index contributed by atoms with van der Waals surface area (Å²) in [6.45, 7) is 1.27. The summed E-state index contributed by atoms with van der Waals surface area (Å²) in [7, 11) is 1.61. The highest BCUT2D eigenvalue weighted by Crippen LogP contribution is 2.14. The van der Waals surface area contributed by atoms with E-state index < -0.39 is 0 Å². The minimum atomic E-state index is -0.340. The lowest BCUT2D eigenvalue weighted by Gasteiger charge is -2.10. The first-order chi connectivity index (χ1) is 17.0. The maximum Gasteiger partial charge on any atom is 0.291 e. The Morgan fingerprint density at radius 1 is 1.11 bits per heavy atom. The highest BCUT2D eigenvalue weighted by Gasteiger charge is 2.11. The van der Waals surface area contributed by atoms with Gasteiger partial charge in [0.15, 0.2) is 10.5 Å². The van der Waals surface area contributed by atoms with E-state index in [4.69, 9.17) is 21.4 Å². The number of anilines is 1. The SMILES string of the molecule is COCCCn1c(=S)[nH]c2cc(C(=O)NCc3ccc(NC(=O)c4ccco4)cc3)ccc2c1=O. The van der Waals surface area contributed by atoms with Crippen LogP contribution in [0, 0.1) is 4.77 Å². The Labute approximate surface area is 205 Å². The summed E-state index contributed by atoms with van der Waals surface area (Å²) in [5, 5.41) is 6.06. The molecule has 4 aromatic rings. The number of furan rings is 1. The van der Waals surface area contributed by atoms with Gasteiger partial charge in [0.05, 0.1) is 17.2 Å². The van der Waals surface area contributed by atoms with Crippen LogP contribution in [0.15, 0.2) is 70.1 Å². The van der Waals surface area contributed by atoms with Crippen LogP contribution in [0.1, 0.15) is 32.9 Å². The minimum absolute atomic E-state index is 0.203. The second kappa shape index (κ2) is 10.9. The number of carbonyl (C=O) groups excluding carboxylic acids is 2. The summed E-state index contributed by atoms with van der Waals surface area (Å²) < 4.78 is 11.9. The van der Waals surface area contributed by atoms with E-state index in [-0.39, 0.29) is 23.1 Å². The number of carbonyl (C=O) groups is 2. The monoisotopic (exact) mass is 492 g/mol. The number of aromatic nitrogens is 2. The van der Waals surface area contributed by atoms with Crippen molar-refractivity contribution in [1.29, 1.82) is 0 Å². The predicted octanol–water partition coefficient (Wildman–Crippen LogP) is 3.87. The highest BCUT2D eigenvalue weighted by atomic mass is 32.1. The number of H-pyrrole nitrogens is 1. The van der Waals surface area contributed by atoms with Crippen LogP contribution in [-0.4, -0.2) is 35.1 Å². The fourth-order valence-corrected chi connectivity index (χ4v) is 3.84. The summed E-state index contributed by atoms with van der Waals surface area (Å²) in [6, 6.07) is 15.2. The first kappa shape index (κ1) is 24.1.